The molecule has 0 aromatic carbocycles. The SMILES string of the molecule is CCN(C1CNC1)S(=O)(=O)CC. The van der Waals surface area contributed by atoms with E-state index in [1.807, 2.05) is 6.92 Å². The van der Waals surface area contributed by atoms with Crippen molar-refractivity contribution in [1.29, 1.82) is 0 Å². The van der Waals surface area contributed by atoms with Gasteiger partial charge in [-0.15, -0.1) is 0 Å². The Kier molecular flexibility index (Phi) is 3.09. The Bertz CT molecular complexity index is 234. The molecule has 1 N–H and O–H groups in total. The van der Waals surface area contributed by atoms with Gasteiger partial charge in [-0.1, -0.05) is 6.92 Å². The lowest BCUT2D eigenvalue weighted by atomic mass is 10.2. The van der Waals surface area contributed by atoms with Crippen molar-refractivity contribution in [3.63, 3.8) is 0 Å². The van der Waals surface area contributed by atoms with Crippen LogP contribution in [0.4, 0.5) is 0 Å². The van der Waals surface area contributed by atoms with Crippen molar-refractivity contribution in [2.24, 2.45) is 0 Å². The Labute approximate surface area is 74.0 Å². The van der Waals surface area contributed by atoms with E-state index in [-0.39, 0.29) is 11.8 Å². The molecule has 0 saturated carbocycles. The third-order valence-electron chi connectivity index (χ3n) is 2.20. The van der Waals surface area contributed by atoms with Crippen molar-refractivity contribution in [3.05, 3.63) is 0 Å². The minimum Gasteiger partial charge on any atom is -0.313 e. The van der Waals surface area contributed by atoms with E-state index in [9.17, 15) is 8.42 Å². The molecule has 0 spiro atoms. The van der Waals surface area contributed by atoms with Gasteiger partial charge in [0, 0.05) is 25.7 Å². The predicted octanol–water partition coefficient (Wildman–Crippen LogP) is -0.370. The molecular formula is C7H16N2O2S. The Morgan fingerprint density at radius 3 is 2.25 bits per heavy atom. The monoisotopic (exact) mass is 192 g/mol. The molecule has 0 aliphatic carbocycles. The number of nitrogens with zero attached hydrogens (tertiary/aromatic N) is 1. The highest BCUT2D eigenvalue weighted by atomic mass is 32.2. The van der Waals surface area contributed by atoms with E-state index in [1.54, 1.807) is 11.2 Å². The van der Waals surface area contributed by atoms with Gasteiger partial charge in [-0.05, 0) is 6.92 Å². The molecule has 0 aromatic heterocycles. The third-order valence-corrected chi connectivity index (χ3v) is 4.20. The molecule has 0 aromatic rings. The van der Waals surface area contributed by atoms with Crippen LogP contribution < -0.4 is 5.32 Å². The molecule has 0 bridgehead atoms. The van der Waals surface area contributed by atoms with Crippen molar-refractivity contribution in [1.82, 2.24) is 9.62 Å². The molecule has 0 atom stereocenters. The van der Waals surface area contributed by atoms with Crippen LogP contribution in [0.1, 0.15) is 13.8 Å². The lowest BCUT2D eigenvalue weighted by molar-refractivity contribution is 0.250. The number of sulfonamides is 1. The second-order valence-corrected chi connectivity index (χ2v) is 5.13. The summed E-state index contributed by atoms with van der Waals surface area (Å²) in [6.07, 6.45) is 0. The van der Waals surface area contributed by atoms with Crippen molar-refractivity contribution < 1.29 is 8.42 Å². The topological polar surface area (TPSA) is 49.4 Å². The molecule has 0 amide bonds. The molecule has 5 heteroatoms. The summed E-state index contributed by atoms with van der Waals surface area (Å²) in [5.74, 6) is 0.206. The van der Waals surface area contributed by atoms with Crippen molar-refractivity contribution >= 4 is 10.0 Å². The maximum atomic E-state index is 11.5. The molecule has 4 nitrogen and oxygen atoms in total. The van der Waals surface area contributed by atoms with Crippen LogP contribution in [0.25, 0.3) is 0 Å². The lowest BCUT2D eigenvalue weighted by Crippen LogP contribution is -2.58. The number of hydrogen-bond donors (Lipinski definition) is 1. The zero-order valence-electron chi connectivity index (χ0n) is 7.58. The average Bonchev–Trinajstić information content (AvgIpc) is 1.96. The predicted molar refractivity (Wildman–Crippen MR) is 48.5 cm³/mol. The quantitative estimate of drug-likeness (QED) is 0.661. The van der Waals surface area contributed by atoms with Gasteiger partial charge in [0.2, 0.25) is 10.0 Å². The van der Waals surface area contributed by atoms with Gasteiger partial charge in [-0.25, -0.2) is 8.42 Å². The fourth-order valence-corrected chi connectivity index (χ4v) is 2.65. The van der Waals surface area contributed by atoms with Gasteiger partial charge in [0.05, 0.1) is 5.75 Å². The van der Waals surface area contributed by atoms with Crippen LogP contribution in [-0.4, -0.2) is 44.2 Å². The highest BCUT2D eigenvalue weighted by Gasteiger charge is 2.30. The summed E-state index contributed by atoms with van der Waals surface area (Å²) in [7, 11) is -2.98. The summed E-state index contributed by atoms with van der Waals surface area (Å²) in [6, 6.07) is 0.194. The van der Waals surface area contributed by atoms with Crippen molar-refractivity contribution in [2.45, 2.75) is 19.9 Å². The summed E-state index contributed by atoms with van der Waals surface area (Å²) < 4.78 is 24.5. The molecular weight excluding hydrogens is 176 g/mol. The van der Waals surface area contributed by atoms with E-state index in [0.29, 0.717) is 6.54 Å². The largest absolute Gasteiger partial charge is 0.313 e. The Morgan fingerprint density at radius 1 is 1.42 bits per heavy atom. The first-order valence-corrected chi connectivity index (χ1v) is 5.93. The van der Waals surface area contributed by atoms with E-state index < -0.39 is 10.0 Å². The summed E-state index contributed by atoms with van der Waals surface area (Å²) in [5.41, 5.74) is 0. The number of hydrogen-bond acceptors (Lipinski definition) is 3. The molecule has 1 saturated heterocycles. The van der Waals surface area contributed by atoms with Crippen LogP contribution in [0.3, 0.4) is 0 Å². The highest BCUT2D eigenvalue weighted by Crippen LogP contribution is 2.10. The van der Waals surface area contributed by atoms with Gasteiger partial charge in [0.1, 0.15) is 0 Å². The Balaban J connectivity index is 2.66. The zero-order chi connectivity index (χ0) is 9.19. The van der Waals surface area contributed by atoms with E-state index in [1.165, 1.54) is 0 Å². The second kappa shape index (κ2) is 3.72. The van der Waals surface area contributed by atoms with Crippen LogP contribution in [0.5, 0.6) is 0 Å². The molecule has 1 aliphatic rings. The molecule has 72 valence electrons. The van der Waals surface area contributed by atoms with E-state index in [2.05, 4.69) is 5.32 Å². The minimum atomic E-state index is -2.98. The van der Waals surface area contributed by atoms with Crippen molar-refractivity contribution in [3.8, 4) is 0 Å². The second-order valence-electron chi connectivity index (χ2n) is 2.92. The summed E-state index contributed by atoms with van der Waals surface area (Å²) in [6.45, 7) is 5.75. The van der Waals surface area contributed by atoms with Crippen LogP contribution in [-0.2, 0) is 10.0 Å². The Morgan fingerprint density at radius 2 is 2.00 bits per heavy atom. The van der Waals surface area contributed by atoms with Gasteiger partial charge < -0.3 is 5.32 Å². The first-order valence-electron chi connectivity index (χ1n) is 4.32. The first-order chi connectivity index (χ1) is 5.61. The lowest BCUT2D eigenvalue weighted by Gasteiger charge is -2.36. The van der Waals surface area contributed by atoms with Gasteiger partial charge in [-0.2, -0.15) is 4.31 Å². The van der Waals surface area contributed by atoms with Gasteiger partial charge in [-0.3, -0.25) is 0 Å². The van der Waals surface area contributed by atoms with Crippen molar-refractivity contribution in [2.75, 3.05) is 25.4 Å². The summed E-state index contributed by atoms with van der Waals surface area (Å²) >= 11 is 0. The first kappa shape index (κ1) is 9.95. The molecule has 1 aliphatic heterocycles. The molecule has 1 rings (SSSR count). The van der Waals surface area contributed by atoms with Crippen LogP contribution in [0.2, 0.25) is 0 Å². The van der Waals surface area contributed by atoms with E-state index >= 15 is 0 Å². The molecule has 0 radical (unpaired) electrons. The van der Waals surface area contributed by atoms with Gasteiger partial charge in [0.15, 0.2) is 0 Å². The van der Waals surface area contributed by atoms with E-state index in [0.717, 1.165) is 13.1 Å². The smallest absolute Gasteiger partial charge is 0.214 e. The minimum absolute atomic E-state index is 0.194. The van der Waals surface area contributed by atoms with Crippen LogP contribution >= 0.6 is 0 Å². The van der Waals surface area contributed by atoms with Gasteiger partial charge in [0.25, 0.3) is 0 Å². The number of rotatable bonds is 4. The molecule has 1 heterocycles. The highest BCUT2D eigenvalue weighted by molar-refractivity contribution is 7.89. The molecule has 0 unspecified atom stereocenters. The molecule has 12 heavy (non-hydrogen) atoms. The number of nitrogens with one attached hydrogen (secondary N) is 1. The fourth-order valence-electron chi connectivity index (χ4n) is 1.32. The summed E-state index contributed by atoms with van der Waals surface area (Å²) in [4.78, 5) is 0. The maximum Gasteiger partial charge on any atom is 0.214 e. The van der Waals surface area contributed by atoms with Crippen LogP contribution in [0.15, 0.2) is 0 Å². The number of likely N-dealkylation sites (N-methyl/N-ethyl adjacent to an activating group) is 1. The zero-order valence-corrected chi connectivity index (χ0v) is 8.39. The van der Waals surface area contributed by atoms with Gasteiger partial charge >= 0.3 is 0 Å². The maximum absolute atomic E-state index is 11.5. The average molecular weight is 192 g/mol. The van der Waals surface area contributed by atoms with Crippen LogP contribution in [0, 0.1) is 0 Å². The third kappa shape index (κ3) is 1.78. The summed E-state index contributed by atoms with van der Waals surface area (Å²) in [5, 5.41) is 3.07. The Hall–Kier alpha value is -0.130. The normalized spacial score (nSPS) is 19.6. The molecule has 1 fully saturated rings. The van der Waals surface area contributed by atoms with E-state index in [4.69, 9.17) is 0 Å². The fraction of sp³-hybridized carbons (Fsp3) is 1.00. The standard InChI is InChI=1S/C7H16N2O2S/c1-3-9(7-5-8-6-7)12(10,11)4-2/h7-8H,3-6H2,1-2H3.